The van der Waals surface area contributed by atoms with Crippen molar-refractivity contribution in [3.8, 4) is 11.7 Å². The SMILES string of the molecule is C=C/C(=N\C(=C)NCCCCCC1CNC(C)(C)C1)SNC(=O)c1ccc(-n2ccc(OCCC3(C(F)(F)F)CC3)n2)nc1Cl. The molecule has 246 valence electrons. The second-order valence-electron chi connectivity index (χ2n) is 12.2. The summed E-state index contributed by atoms with van der Waals surface area (Å²) in [6, 6.07) is 4.57. The summed E-state index contributed by atoms with van der Waals surface area (Å²) in [6.07, 6.45) is 4.79. The number of carbonyl (C=O) groups is 1. The third kappa shape index (κ3) is 9.98. The fourth-order valence-corrected chi connectivity index (χ4v) is 6.09. The van der Waals surface area contributed by atoms with E-state index in [1.807, 2.05) is 0 Å². The number of hydrogen-bond acceptors (Lipinski definition) is 8. The van der Waals surface area contributed by atoms with Crippen molar-refractivity contribution in [1.29, 1.82) is 0 Å². The Hall–Kier alpha value is -3.03. The zero-order valence-corrected chi connectivity index (χ0v) is 27.3. The van der Waals surface area contributed by atoms with Gasteiger partial charge in [0, 0.05) is 36.3 Å². The molecule has 1 aliphatic heterocycles. The topological polar surface area (TPSA) is 105 Å². The van der Waals surface area contributed by atoms with Gasteiger partial charge in [-0.2, -0.15) is 13.2 Å². The molecule has 2 aromatic heterocycles. The Bertz CT molecular complexity index is 1390. The number of alkyl halides is 3. The predicted octanol–water partition coefficient (Wildman–Crippen LogP) is 7.00. The molecule has 2 aromatic rings. The lowest BCUT2D eigenvalue weighted by Gasteiger charge is -2.18. The molecule has 1 amide bonds. The third-order valence-corrected chi connectivity index (χ3v) is 9.16. The van der Waals surface area contributed by atoms with Crippen LogP contribution in [0.3, 0.4) is 0 Å². The van der Waals surface area contributed by atoms with Crippen molar-refractivity contribution < 1.29 is 22.7 Å². The number of rotatable bonds is 15. The van der Waals surface area contributed by atoms with Crippen molar-refractivity contribution >= 4 is 34.5 Å². The number of ether oxygens (including phenoxy) is 1. The zero-order valence-electron chi connectivity index (χ0n) is 25.7. The van der Waals surface area contributed by atoms with E-state index < -0.39 is 17.5 Å². The van der Waals surface area contributed by atoms with Gasteiger partial charge < -0.3 is 15.4 Å². The van der Waals surface area contributed by atoms with Gasteiger partial charge in [0.15, 0.2) is 5.82 Å². The molecule has 3 heterocycles. The highest BCUT2D eigenvalue weighted by molar-refractivity contribution is 8.13. The normalized spacial score (nSPS) is 18.8. The second-order valence-corrected chi connectivity index (χ2v) is 13.4. The molecule has 2 aliphatic rings. The maximum atomic E-state index is 13.1. The van der Waals surface area contributed by atoms with E-state index in [1.54, 1.807) is 12.3 Å². The summed E-state index contributed by atoms with van der Waals surface area (Å²) in [4.78, 5) is 21.4. The van der Waals surface area contributed by atoms with E-state index in [9.17, 15) is 18.0 Å². The Morgan fingerprint density at radius 2 is 2.07 bits per heavy atom. The molecule has 0 bridgehead atoms. The molecular formula is C31H41ClF3N7O2S. The largest absolute Gasteiger partial charge is 0.477 e. The van der Waals surface area contributed by atoms with Crippen LogP contribution in [0, 0.1) is 11.3 Å². The van der Waals surface area contributed by atoms with Crippen LogP contribution in [0.15, 0.2) is 54.4 Å². The van der Waals surface area contributed by atoms with Gasteiger partial charge in [-0.1, -0.05) is 37.6 Å². The van der Waals surface area contributed by atoms with Gasteiger partial charge in [-0.05, 0) is 83.0 Å². The molecule has 0 radical (unpaired) electrons. The molecule has 1 atom stereocenters. The minimum absolute atomic E-state index is 0.0551. The molecule has 1 saturated heterocycles. The maximum absolute atomic E-state index is 13.1. The molecule has 45 heavy (non-hydrogen) atoms. The van der Waals surface area contributed by atoms with Gasteiger partial charge in [0.1, 0.15) is 16.0 Å². The predicted molar refractivity (Wildman–Crippen MR) is 173 cm³/mol. The van der Waals surface area contributed by atoms with Gasteiger partial charge in [0.05, 0.1) is 17.6 Å². The van der Waals surface area contributed by atoms with E-state index in [-0.39, 0.29) is 48.0 Å². The summed E-state index contributed by atoms with van der Waals surface area (Å²) in [6.45, 7) is 14.0. The monoisotopic (exact) mass is 667 g/mol. The highest BCUT2D eigenvalue weighted by Crippen LogP contribution is 2.59. The van der Waals surface area contributed by atoms with E-state index in [2.05, 4.69) is 57.4 Å². The fraction of sp³-hybridized carbons (Fsp3) is 0.548. The Balaban J connectivity index is 1.18. The van der Waals surface area contributed by atoms with Crippen LogP contribution >= 0.6 is 23.5 Å². The van der Waals surface area contributed by atoms with Crippen LogP contribution in [-0.2, 0) is 0 Å². The molecule has 14 heteroatoms. The van der Waals surface area contributed by atoms with Crippen molar-refractivity contribution in [2.45, 2.75) is 76.9 Å². The van der Waals surface area contributed by atoms with Crippen molar-refractivity contribution in [2.75, 3.05) is 19.7 Å². The van der Waals surface area contributed by atoms with E-state index in [4.69, 9.17) is 16.3 Å². The number of halogens is 4. The quantitative estimate of drug-likeness (QED) is 0.0617. The van der Waals surface area contributed by atoms with Gasteiger partial charge in [0.2, 0.25) is 5.88 Å². The van der Waals surface area contributed by atoms with Crippen molar-refractivity contribution in [1.82, 2.24) is 30.1 Å². The number of aromatic nitrogens is 3. The lowest BCUT2D eigenvalue weighted by atomic mass is 9.93. The Morgan fingerprint density at radius 1 is 1.29 bits per heavy atom. The first-order valence-corrected chi connectivity index (χ1v) is 16.3. The standard InChI is InChI=1S/C31H41ClF3N7O2S/c1-5-26(38-21(2)36-16-8-6-7-9-22-19-29(3,4)37-20-22)45-41-28(43)23-10-11-24(39-27(23)32)42-17-12-25(40-42)44-18-15-30(13-14-30)31(33,34)35/h5,10-12,17,22,36-37H,1-2,6-9,13-16,18-20H2,3-4H3,(H,41,43)/b38-26+. The number of hydrogen-bond donors (Lipinski definition) is 3. The lowest BCUT2D eigenvalue weighted by Crippen LogP contribution is -2.31. The first-order chi connectivity index (χ1) is 21.3. The minimum Gasteiger partial charge on any atom is -0.477 e. The number of aliphatic imine (C=N–C) groups is 1. The van der Waals surface area contributed by atoms with Crippen LogP contribution in [0.25, 0.3) is 5.82 Å². The molecule has 9 nitrogen and oxygen atoms in total. The van der Waals surface area contributed by atoms with Gasteiger partial charge in [-0.25, -0.2) is 14.7 Å². The lowest BCUT2D eigenvalue weighted by molar-refractivity contribution is -0.190. The first-order valence-electron chi connectivity index (χ1n) is 15.1. The number of carbonyl (C=O) groups excluding carboxylic acids is 1. The van der Waals surface area contributed by atoms with E-state index in [0.717, 1.165) is 43.8 Å². The molecule has 3 N–H and O–H groups in total. The number of amides is 1. The van der Waals surface area contributed by atoms with Gasteiger partial charge >= 0.3 is 6.18 Å². The number of unbranched alkanes of at least 4 members (excludes halogenated alkanes) is 2. The van der Waals surface area contributed by atoms with Crippen LogP contribution in [0.5, 0.6) is 5.88 Å². The summed E-state index contributed by atoms with van der Waals surface area (Å²) in [5.41, 5.74) is -1.24. The zero-order chi connectivity index (χ0) is 32.7. The van der Waals surface area contributed by atoms with Gasteiger partial charge in [0.25, 0.3) is 5.91 Å². The molecule has 1 aliphatic carbocycles. The highest BCUT2D eigenvalue weighted by atomic mass is 35.5. The molecule has 2 fully saturated rings. The summed E-state index contributed by atoms with van der Waals surface area (Å²) < 4.78 is 48.8. The molecule has 1 unspecified atom stereocenters. The van der Waals surface area contributed by atoms with Crippen LogP contribution in [0.1, 0.15) is 75.6 Å². The summed E-state index contributed by atoms with van der Waals surface area (Å²) in [5.74, 6) is 1.22. The van der Waals surface area contributed by atoms with Gasteiger partial charge in [-0.3, -0.25) is 9.52 Å². The van der Waals surface area contributed by atoms with Crippen LogP contribution in [0.2, 0.25) is 5.15 Å². The average Bonchev–Trinajstić information content (AvgIpc) is 3.50. The van der Waals surface area contributed by atoms with Crippen LogP contribution in [-0.4, -0.2) is 57.1 Å². The molecule has 4 rings (SSSR count). The molecule has 0 spiro atoms. The van der Waals surface area contributed by atoms with Crippen molar-refractivity contribution in [3.63, 3.8) is 0 Å². The second kappa shape index (κ2) is 15.0. The van der Waals surface area contributed by atoms with Crippen molar-refractivity contribution in [3.05, 3.63) is 60.2 Å². The van der Waals surface area contributed by atoms with E-state index in [1.165, 1.54) is 42.2 Å². The number of nitrogens with one attached hydrogen (secondary N) is 3. The van der Waals surface area contributed by atoms with E-state index >= 15 is 0 Å². The Morgan fingerprint density at radius 3 is 2.71 bits per heavy atom. The third-order valence-electron chi connectivity index (χ3n) is 8.12. The number of nitrogens with zero attached hydrogens (tertiary/aromatic N) is 4. The fourth-order valence-electron chi connectivity index (χ4n) is 5.31. The average molecular weight is 668 g/mol. The van der Waals surface area contributed by atoms with E-state index in [0.29, 0.717) is 16.7 Å². The van der Waals surface area contributed by atoms with Gasteiger partial charge in [-0.15, -0.1) is 5.10 Å². The maximum Gasteiger partial charge on any atom is 0.394 e. The Labute approximate surface area is 271 Å². The van der Waals surface area contributed by atoms with Crippen LogP contribution < -0.4 is 20.1 Å². The van der Waals surface area contributed by atoms with Crippen LogP contribution in [0.4, 0.5) is 13.2 Å². The highest BCUT2D eigenvalue weighted by Gasteiger charge is 2.62. The van der Waals surface area contributed by atoms with Crippen molar-refractivity contribution in [2.24, 2.45) is 16.3 Å². The molecular weight excluding hydrogens is 627 g/mol. The first kappa shape index (κ1) is 34.8. The molecule has 1 saturated carbocycles. The number of pyridine rings is 1. The summed E-state index contributed by atoms with van der Waals surface area (Å²) in [7, 11) is 0. The molecule has 0 aromatic carbocycles. The minimum atomic E-state index is -4.22. The summed E-state index contributed by atoms with van der Waals surface area (Å²) in [5, 5.41) is 11.4. The summed E-state index contributed by atoms with van der Waals surface area (Å²) >= 11 is 7.28. The Kier molecular flexibility index (Phi) is 11.6. The smallest absolute Gasteiger partial charge is 0.394 e.